The van der Waals surface area contributed by atoms with Gasteiger partial charge in [-0.05, 0) is 60.6 Å². The fraction of sp³-hybridized carbons (Fsp3) is 0.105. The normalized spacial score (nSPS) is 16.0. The summed E-state index contributed by atoms with van der Waals surface area (Å²) in [6, 6.07) is 12.3. The second-order valence-corrected chi connectivity index (χ2v) is 6.48. The first-order valence-electron chi connectivity index (χ1n) is 7.72. The highest BCUT2D eigenvalue weighted by Crippen LogP contribution is 2.27. The molecular formula is C19H15ClN2O3S. The maximum absolute atomic E-state index is 12.9. The summed E-state index contributed by atoms with van der Waals surface area (Å²) in [5, 5.41) is 2.99. The number of halogens is 1. The van der Waals surface area contributed by atoms with Gasteiger partial charge < -0.3 is 4.74 Å². The second-order valence-electron chi connectivity index (χ2n) is 5.69. The lowest BCUT2D eigenvalue weighted by molar-refractivity contribution is -0.122. The fourth-order valence-corrected chi connectivity index (χ4v) is 3.15. The molecule has 0 radical (unpaired) electrons. The van der Waals surface area contributed by atoms with Gasteiger partial charge in [-0.3, -0.25) is 19.8 Å². The summed E-state index contributed by atoms with van der Waals surface area (Å²) in [6.07, 6.45) is 1.48. The molecule has 7 heteroatoms. The Balaban J connectivity index is 2.01. The van der Waals surface area contributed by atoms with Crippen LogP contribution in [0.1, 0.15) is 11.1 Å². The number of nitrogens with zero attached hydrogens (tertiary/aromatic N) is 1. The van der Waals surface area contributed by atoms with E-state index in [4.69, 9.17) is 28.6 Å². The van der Waals surface area contributed by atoms with Crippen molar-refractivity contribution in [3.63, 3.8) is 0 Å². The summed E-state index contributed by atoms with van der Waals surface area (Å²) in [5.41, 5.74) is 2.15. The minimum Gasteiger partial charge on any atom is -0.495 e. The summed E-state index contributed by atoms with van der Waals surface area (Å²) in [5.74, 6) is -0.525. The summed E-state index contributed by atoms with van der Waals surface area (Å²) in [7, 11) is 1.51. The number of hydrogen-bond donors (Lipinski definition) is 1. The Morgan fingerprint density at radius 2 is 1.96 bits per heavy atom. The van der Waals surface area contributed by atoms with E-state index in [1.807, 2.05) is 25.1 Å². The van der Waals surface area contributed by atoms with Crippen molar-refractivity contribution < 1.29 is 14.3 Å². The Bertz CT molecular complexity index is 956. The Morgan fingerprint density at radius 1 is 1.19 bits per heavy atom. The number of carbonyl (C=O) groups excluding carboxylic acids is 2. The van der Waals surface area contributed by atoms with E-state index >= 15 is 0 Å². The Kier molecular flexibility index (Phi) is 5.06. The number of rotatable bonds is 3. The second kappa shape index (κ2) is 7.27. The lowest BCUT2D eigenvalue weighted by Crippen LogP contribution is -2.54. The monoisotopic (exact) mass is 386 g/mol. The number of nitrogens with one attached hydrogen (secondary N) is 1. The van der Waals surface area contributed by atoms with Crippen molar-refractivity contribution in [3.8, 4) is 5.75 Å². The SMILES string of the molecule is COc1ccc(/C=C2/C(=O)NC(=S)N(c3cccc(C)c3)C2=O)cc1Cl. The van der Waals surface area contributed by atoms with Gasteiger partial charge in [0.05, 0.1) is 17.8 Å². The number of benzene rings is 2. The predicted octanol–water partition coefficient (Wildman–Crippen LogP) is 3.49. The van der Waals surface area contributed by atoms with Crippen molar-refractivity contribution in [1.29, 1.82) is 0 Å². The number of aryl methyl sites for hydroxylation is 1. The molecule has 2 aromatic rings. The van der Waals surface area contributed by atoms with E-state index in [1.54, 1.807) is 24.3 Å². The van der Waals surface area contributed by atoms with Gasteiger partial charge in [0.1, 0.15) is 11.3 Å². The lowest BCUT2D eigenvalue weighted by atomic mass is 10.1. The summed E-state index contributed by atoms with van der Waals surface area (Å²) >= 11 is 11.3. The van der Waals surface area contributed by atoms with Crippen LogP contribution in [0.2, 0.25) is 5.02 Å². The zero-order chi connectivity index (χ0) is 18.8. The van der Waals surface area contributed by atoms with Crippen LogP contribution >= 0.6 is 23.8 Å². The smallest absolute Gasteiger partial charge is 0.270 e. The number of ether oxygens (including phenoxy) is 1. The van der Waals surface area contributed by atoms with Gasteiger partial charge in [0.15, 0.2) is 5.11 Å². The largest absolute Gasteiger partial charge is 0.495 e. The molecule has 1 heterocycles. The van der Waals surface area contributed by atoms with Crippen molar-refractivity contribution in [1.82, 2.24) is 5.32 Å². The number of methoxy groups -OCH3 is 1. The van der Waals surface area contributed by atoms with Crippen molar-refractivity contribution in [2.75, 3.05) is 12.0 Å². The Labute approximate surface area is 161 Å². The van der Waals surface area contributed by atoms with E-state index in [9.17, 15) is 9.59 Å². The van der Waals surface area contributed by atoms with Gasteiger partial charge in [-0.1, -0.05) is 29.8 Å². The van der Waals surface area contributed by atoms with Crippen molar-refractivity contribution >= 4 is 52.5 Å². The minimum atomic E-state index is -0.546. The molecule has 1 aliphatic heterocycles. The van der Waals surface area contributed by atoms with Crippen LogP contribution in [-0.4, -0.2) is 24.0 Å². The maximum atomic E-state index is 12.9. The third kappa shape index (κ3) is 3.47. The van der Waals surface area contributed by atoms with Crippen molar-refractivity contribution in [2.45, 2.75) is 6.92 Å². The topological polar surface area (TPSA) is 58.6 Å². The van der Waals surface area contributed by atoms with Crippen LogP contribution < -0.4 is 15.0 Å². The van der Waals surface area contributed by atoms with Gasteiger partial charge in [-0.15, -0.1) is 0 Å². The molecule has 26 heavy (non-hydrogen) atoms. The van der Waals surface area contributed by atoms with Gasteiger partial charge in [-0.2, -0.15) is 0 Å². The van der Waals surface area contributed by atoms with Gasteiger partial charge in [0, 0.05) is 0 Å². The fourth-order valence-electron chi connectivity index (χ4n) is 2.60. The molecule has 132 valence electrons. The third-order valence-electron chi connectivity index (χ3n) is 3.85. The molecular weight excluding hydrogens is 372 g/mol. The van der Waals surface area contributed by atoms with Crippen LogP contribution in [0, 0.1) is 6.92 Å². The lowest BCUT2D eigenvalue weighted by Gasteiger charge is -2.29. The van der Waals surface area contributed by atoms with Gasteiger partial charge in [0.25, 0.3) is 11.8 Å². The van der Waals surface area contributed by atoms with Crippen LogP contribution in [0.4, 0.5) is 5.69 Å². The van der Waals surface area contributed by atoms with Crippen molar-refractivity contribution in [3.05, 3.63) is 64.2 Å². The highest BCUT2D eigenvalue weighted by atomic mass is 35.5. The molecule has 2 aromatic carbocycles. The van der Waals surface area contributed by atoms with E-state index < -0.39 is 11.8 Å². The molecule has 0 atom stereocenters. The van der Waals surface area contributed by atoms with Crippen LogP contribution in [-0.2, 0) is 9.59 Å². The Morgan fingerprint density at radius 3 is 2.62 bits per heavy atom. The zero-order valence-electron chi connectivity index (χ0n) is 14.1. The first-order valence-corrected chi connectivity index (χ1v) is 8.51. The highest BCUT2D eigenvalue weighted by molar-refractivity contribution is 7.80. The number of carbonyl (C=O) groups is 2. The van der Waals surface area contributed by atoms with Gasteiger partial charge >= 0.3 is 0 Å². The summed E-state index contributed by atoms with van der Waals surface area (Å²) in [6.45, 7) is 1.91. The van der Waals surface area contributed by atoms with Crippen LogP contribution in [0.15, 0.2) is 48.0 Å². The van der Waals surface area contributed by atoms with Gasteiger partial charge in [0.2, 0.25) is 0 Å². The predicted molar refractivity (Wildman–Crippen MR) is 105 cm³/mol. The molecule has 0 unspecified atom stereocenters. The van der Waals surface area contributed by atoms with Crippen LogP contribution in [0.25, 0.3) is 6.08 Å². The van der Waals surface area contributed by atoms with E-state index in [1.165, 1.54) is 18.1 Å². The first-order chi connectivity index (χ1) is 12.4. The molecule has 0 saturated carbocycles. The van der Waals surface area contributed by atoms with Crippen LogP contribution in [0.3, 0.4) is 0 Å². The average molecular weight is 387 g/mol. The average Bonchev–Trinajstić information content (AvgIpc) is 2.58. The zero-order valence-corrected chi connectivity index (χ0v) is 15.6. The highest BCUT2D eigenvalue weighted by Gasteiger charge is 2.34. The van der Waals surface area contributed by atoms with Gasteiger partial charge in [-0.25, -0.2) is 0 Å². The maximum Gasteiger partial charge on any atom is 0.270 e. The van der Waals surface area contributed by atoms with Crippen molar-refractivity contribution in [2.24, 2.45) is 0 Å². The molecule has 0 aromatic heterocycles. The summed E-state index contributed by atoms with van der Waals surface area (Å²) < 4.78 is 5.11. The number of hydrogen-bond acceptors (Lipinski definition) is 4. The first kappa shape index (κ1) is 18.1. The molecule has 0 spiro atoms. The minimum absolute atomic E-state index is 0.0265. The van der Waals surface area contributed by atoms with Crippen LogP contribution in [0.5, 0.6) is 5.75 Å². The standard InChI is InChI=1S/C19H15ClN2O3S/c1-11-4-3-5-13(8-11)22-18(24)14(17(23)21-19(22)26)9-12-6-7-16(25-2)15(20)10-12/h3-10H,1-2H3,(H,21,23,26)/b14-9-. The molecule has 5 nitrogen and oxygen atoms in total. The third-order valence-corrected chi connectivity index (χ3v) is 4.43. The van der Waals surface area contributed by atoms with E-state index in [0.717, 1.165) is 5.56 Å². The van der Waals surface area contributed by atoms with E-state index in [0.29, 0.717) is 22.0 Å². The number of thiocarbonyl (C=S) groups is 1. The molecule has 0 aliphatic carbocycles. The number of amides is 2. The molecule has 3 rings (SSSR count). The molecule has 1 fully saturated rings. The summed E-state index contributed by atoms with van der Waals surface area (Å²) in [4.78, 5) is 26.5. The molecule has 2 amide bonds. The number of anilines is 1. The quantitative estimate of drug-likeness (QED) is 0.498. The van der Waals surface area contributed by atoms with E-state index in [-0.39, 0.29) is 10.7 Å². The molecule has 1 N–H and O–H groups in total. The Hall–Kier alpha value is -2.70. The molecule has 0 bridgehead atoms. The molecule has 1 aliphatic rings. The van der Waals surface area contributed by atoms with E-state index in [2.05, 4.69) is 5.32 Å². The molecule has 1 saturated heterocycles.